The standard InChI is InChI=1S/C13H27N3/c1-11(2)16-7-6-13(9-14,10-16)15(3)8-12-4-5-12/h11-12H,4-10,14H2,1-3H3. The molecule has 0 bridgehead atoms. The first-order valence-electron chi connectivity index (χ1n) is 6.73. The summed E-state index contributed by atoms with van der Waals surface area (Å²) in [6, 6.07) is 0.655. The third kappa shape index (κ3) is 2.41. The Balaban J connectivity index is 1.96. The first-order valence-corrected chi connectivity index (χ1v) is 6.73. The Hall–Kier alpha value is -0.120. The number of rotatable bonds is 5. The van der Waals surface area contributed by atoms with Gasteiger partial charge < -0.3 is 5.73 Å². The number of likely N-dealkylation sites (N-methyl/N-ethyl adjacent to an activating group) is 1. The van der Waals surface area contributed by atoms with Gasteiger partial charge in [-0.2, -0.15) is 0 Å². The Morgan fingerprint density at radius 1 is 1.44 bits per heavy atom. The molecule has 0 aromatic carbocycles. The van der Waals surface area contributed by atoms with Crippen molar-refractivity contribution in [1.82, 2.24) is 9.80 Å². The number of nitrogens with zero attached hydrogens (tertiary/aromatic N) is 2. The Morgan fingerprint density at radius 2 is 2.12 bits per heavy atom. The molecule has 3 heteroatoms. The molecule has 1 saturated carbocycles. The summed E-state index contributed by atoms with van der Waals surface area (Å²) in [6.07, 6.45) is 4.10. The van der Waals surface area contributed by atoms with E-state index >= 15 is 0 Å². The number of hydrogen-bond acceptors (Lipinski definition) is 3. The van der Waals surface area contributed by atoms with Crippen molar-refractivity contribution in [3.8, 4) is 0 Å². The summed E-state index contributed by atoms with van der Waals surface area (Å²) in [6.45, 7) is 9.00. The lowest BCUT2D eigenvalue weighted by Crippen LogP contribution is -2.54. The molecule has 16 heavy (non-hydrogen) atoms. The van der Waals surface area contributed by atoms with E-state index in [0.29, 0.717) is 6.04 Å². The fourth-order valence-corrected chi connectivity index (χ4v) is 2.84. The van der Waals surface area contributed by atoms with Crippen LogP contribution in [0.5, 0.6) is 0 Å². The van der Waals surface area contributed by atoms with E-state index < -0.39 is 0 Å². The molecule has 2 N–H and O–H groups in total. The zero-order valence-electron chi connectivity index (χ0n) is 11.1. The highest BCUT2D eigenvalue weighted by Crippen LogP contribution is 2.34. The molecule has 0 amide bonds. The van der Waals surface area contributed by atoms with Crippen LogP contribution < -0.4 is 5.73 Å². The molecule has 0 spiro atoms. The third-order valence-corrected chi connectivity index (χ3v) is 4.51. The minimum absolute atomic E-state index is 0.257. The number of nitrogens with two attached hydrogens (primary N) is 1. The molecular weight excluding hydrogens is 198 g/mol. The predicted molar refractivity (Wildman–Crippen MR) is 68.5 cm³/mol. The van der Waals surface area contributed by atoms with E-state index in [-0.39, 0.29) is 5.54 Å². The molecule has 1 aliphatic carbocycles. The quantitative estimate of drug-likeness (QED) is 0.761. The van der Waals surface area contributed by atoms with Gasteiger partial charge >= 0.3 is 0 Å². The van der Waals surface area contributed by atoms with Gasteiger partial charge in [0.1, 0.15) is 0 Å². The zero-order valence-corrected chi connectivity index (χ0v) is 11.1. The molecule has 1 heterocycles. The van der Waals surface area contributed by atoms with E-state index in [4.69, 9.17) is 5.73 Å². The summed E-state index contributed by atoms with van der Waals surface area (Å²) in [5.74, 6) is 0.960. The monoisotopic (exact) mass is 225 g/mol. The SMILES string of the molecule is CC(C)N1CCC(CN)(N(C)CC2CC2)C1. The lowest BCUT2D eigenvalue weighted by atomic mass is 9.96. The van der Waals surface area contributed by atoms with Crippen molar-refractivity contribution >= 4 is 0 Å². The van der Waals surface area contributed by atoms with Crippen LogP contribution in [0.15, 0.2) is 0 Å². The fraction of sp³-hybridized carbons (Fsp3) is 1.00. The lowest BCUT2D eigenvalue weighted by molar-refractivity contribution is 0.118. The van der Waals surface area contributed by atoms with Gasteiger partial charge in [0, 0.05) is 37.8 Å². The summed E-state index contributed by atoms with van der Waals surface area (Å²) in [7, 11) is 2.27. The van der Waals surface area contributed by atoms with Gasteiger partial charge in [-0.15, -0.1) is 0 Å². The molecule has 1 saturated heterocycles. The van der Waals surface area contributed by atoms with Crippen LogP contribution in [0, 0.1) is 5.92 Å². The molecule has 3 nitrogen and oxygen atoms in total. The Morgan fingerprint density at radius 3 is 2.56 bits per heavy atom. The van der Waals surface area contributed by atoms with Crippen molar-refractivity contribution in [3.05, 3.63) is 0 Å². The van der Waals surface area contributed by atoms with Crippen LogP contribution in [-0.4, -0.2) is 54.6 Å². The van der Waals surface area contributed by atoms with Crippen LogP contribution >= 0.6 is 0 Å². The second-order valence-electron chi connectivity index (χ2n) is 6.07. The molecule has 2 fully saturated rings. The number of hydrogen-bond donors (Lipinski definition) is 1. The van der Waals surface area contributed by atoms with E-state index in [1.165, 1.54) is 32.4 Å². The van der Waals surface area contributed by atoms with Gasteiger partial charge in [0.25, 0.3) is 0 Å². The highest BCUT2D eigenvalue weighted by molar-refractivity contribution is 5.00. The fourth-order valence-electron chi connectivity index (χ4n) is 2.84. The van der Waals surface area contributed by atoms with Crippen LogP contribution in [0.2, 0.25) is 0 Å². The number of likely N-dealkylation sites (tertiary alicyclic amines) is 1. The molecule has 94 valence electrons. The maximum Gasteiger partial charge on any atom is 0.0467 e. The van der Waals surface area contributed by atoms with Crippen molar-refractivity contribution in [2.45, 2.75) is 44.7 Å². The van der Waals surface area contributed by atoms with Crippen LogP contribution in [0.1, 0.15) is 33.1 Å². The Bertz CT molecular complexity index is 237. The van der Waals surface area contributed by atoms with Crippen molar-refractivity contribution in [1.29, 1.82) is 0 Å². The van der Waals surface area contributed by atoms with E-state index in [0.717, 1.165) is 19.0 Å². The van der Waals surface area contributed by atoms with Crippen LogP contribution in [0.3, 0.4) is 0 Å². The normalized spacial score (nSPS) is 31.9. The molecule has 1 atom stereocenters. The first-order chi connectivity index (χ1) is 7.57. The molecule has 2 rings (SSSR count). The zero-order chi connectivity index (χ0) is 11.8. The smallest absolute Gasteiger partial charge is 0.0467 e. The van der Waals surface area contributed by atoms with E-state index in [2.05, 4.69) is 30.7 Å². The summed E-state index contributed by atoms with van der Waals surface area (Å²) in [4.78, 5) is 5.11. The maximum atomic E-state index is 6.06. The molecule has 0 aromatic heterocycles. The van der Waals surface area contributed by atoms with Crippen LogP contribution in [0.4, 0.5) is 0 Å². The van der Waals surface area contributed by atoms with Crippen molar-refractivity contribution in [2.75, 3.05) is 33.2 Å². The van der Waals surface area contributed by atoms with Crippen LogP contribution in [0.25, 0.3) is 0 Å². The van der Waals surface area contributed by atoms with Gasteiger partial charge in [0.2, 0.25) is 0 Å². The van der Waals surface area contributed by atoms with Crippen molar-refractivity contribution in [3.63, 3.8) is 0 Å². The first kappa shape index (κ1) is 12.3. The predicted octanol–water partition coefficient (Wildman–Crippen LogP) is 1.14. The van der Waals surface area contributed by atoms with E-state index in [1.54, 1.807) is 0 Å². The van der Waals surface area contributed by atoms with Gasteiger partial charge in [-0.05, 0) is 46.1 Å². The average Bonchev–Trinajstić information content (AvgIpc) is 2.95. The van der Waals surface area contributed by atoms with Gasteiger partial charge in [-0.3, -0.25) is 9.80 Å². The third-order valence-electron chi connectivity index (χ3n) is 4.51. The summed E-state index contributed by atoms with van der Waals surface area (Å²) < 4.78 is 0. The van der Waals surface area contributed by atoms with Gasteiger partial charge in [0.05, 0.1) is 0 Å². The Labute approximate surface area is 100.0 Å². The van der Waals surface area contributed by atoms with Crippen molar-refractivity contribution in [2.24, 2.45) is 11.7 Å². The Kier molecular flexibility index (Phi) is 3.57. The van der Waals surface area contributed by atoms with Gasteiger partial charge in [-0.25, -0.2) is 0 Å². The molecule has 0 radical (unpaired) electrons. The summed E-state index contributed by atoms with van der Waals surface area (Å²) in [5, 5.41) is 0. The molecular formula is C13H27N3. The summed E-state index contributed by atoms with van der Waals surface area (Å²) in [5.41, 5.74) is 6.32. The summed E-state index contributed by atoms with van der Waals surface area (Å²) >= 11 is 0. The second kappa shape index (κ2) is 4.63. The molecule has 2 aliphatic rings. The van der Waals surface area contributed by atoms with E-state index in [1.807, 2.05) is 0 Å². The molecule has 1 unspecified atom stereocenters. The lowest BCUT2D eigenvalue weighted by Gasteiger charge is -2.38. The second-order valence-corrected chi connectivity index (χ2v) is 6.07. The highest BCUT2D eigenvalue weighted by atomic mass is 15.3. The highest BCUT2D eigenvalue weighted by Gasteiger charge is 2.42. The van der Waals surface area contributed by atoms with Gasteiger partial charge in [-0.1, -0.05) is 0 Å². The minimum Gasteiger partial charge on any atom is -0.329 e. The topological polar surface area (TPSA) is 32.5 Å². The van der Waals surface area contributed by atoms with Gasteiger partial charge in [0.15, 0.2) is 0 Å². The molecule has 0 aromatic rings. The van der Waals surface area contributed by atoms with Crippen molar-refractivity contribution < 1.29 is 0 Å². The minimum atomic E-state index is 0.257. The molecule has 1 aliphatic heterocycles. The van der Waals surface area contributed by atoms with E-state index in [9.17, 15) is 0 Å². The average molecular weight is 225 g/mol. The van der Waals surface area contributed by atoms with Crippen LogP contribution in [-0.2, 0) is 0 Å². The largest absolute Gasteiger partial charge is 0.329 e. The maximum absolute atomic E-state index is 6.06.